The lowest BCUT2D eigenvalue weighted by molar-refractivity contribution is 0.0932. The lowest BCUT2D eigenvalue weighted by Gasteiger charge is -2.11. The molecular formula is C18H20N6O2. The Morgan fingerprint density at radius 1 is 1.15 bits per heavy atom. The molecule has 0 bridgehead atoms. The van der Waals surface area contributed by atoms with Gasteiger partial charge in [-0.1, -0.05) is 13.8 Å². The number of hydrogen-bond acceptors (Lipinski definition) is 7. The van der Waals surface area contributed by atoms with E-state index in [0.29, 0.717) is 28.9 Å². The number of carbonyl (C=O) groups excluding carboxylic acids is 1. The van der Waals surface area contributed by atoms with Crippen LogP contribution in [0.5, 0.6) is 0 Å². The highest BCUT2D eigenvalue weighted by Crippen LogP contribution is 2.18. The van der Waals surface area contributed by atoms with E-state index in [1.165, 1.54) is 6.20 Å². The Morgan fingerprint density at radius 2 is 1.92 bits per heavy atom. The molecule has 0 unspecified atom stereocenters. The van der Waals surface area contributed by atoms with Crippen LogP contribution in [0.25, 0.3) is 11.4 Å². The first-order valence-electron chi connectivity index (χ1n) is 8.34. The molecule has 1 amide bonds. The van der Waals surface area contributed by atoms with Crippen molar-refractivity contribution < 1.29 is 9.21 Å². The van der Waals surface area contributed by atoms with Gasteiger partial charge in [-0.15, -0.1) is 10.2 Å². The molecule has 3 rings (SSSR count). The third-order valence-corrected chi connectivity index (χ3v) is 3.81. The second-order valence-electron chi connectivity index (χ2n) is 6.26. The predicted octanol–water partition coefficient (Wildman–Crippen LogP) is 2.84. The molecule has 0 radical (unpaired) electrons. The fourth-order valence-electron chi connectivity index (χ4n) is 2.32. The second-order valence-corrected chi connectivity index (χ2v) is 6.26. The summed E-state index contributed by atoms with van der Waals surface area (Å²) < 4.78 is 5.58. The summed E-state index contributed by atoms with van der Waals surface area (Å²) in [7, 11) is 0. The van der Waals surface area contributed by atoms with Gasteiger partial charge in [0.25, 0.3) is 5.91 Å². The summed E-state index contributed by atoms with van der Waals surface area (Å²) in [6.45, 7) is 7.48. The molecule has 0 saturated carbocycles. The Kier molecular flexibility index (Phi) is 5.01. The molecule has 3 aromatic rings. The average molecular weight is 352 g/mol. The van der Waals surface area contributed by atoms with E-state index >= 15 is 0 Å². The topological polar surface area (TPSA) is 107 Å². The summed E-state index contributed by atoms with van der Waals surface area (Å²) in [4.78, 5) is 25.3. The largest absolute Gasteiger partial charge is 0.423 e. The molecular weight excluding hydrogens is 332 g/mol. The van der Waals surface area contributed by atoms with E-state index in [4.69, 9.17) is 4.42 Å². The van der Waals surface area contributed by atoms with Crippen LogP contribution in [0.4, 0.5) is 0 Å². The van der Waals surface area contributed by atoms with Crippen molar-refractivity contribution in [1.29, 1.82) is 0 Å². The van der Waals surface area contributed by atoms with E-state index in [1.807, 2.05) is 26.0 Å². The first-order chi connectivity index (χ1) is 12.5. The van der Waals surface area contributed by atoms with Crippen molar-refractivity contribution in [3.63, 3.8) is 0 Å². The fourth-order valence-corrected chi connectivity index (χ4v) is 2.32. The number of rotatable bonds is 5. The van der Waals surface area contributed by atoms with Gasteiger partial charge in [0.2, 0.25) is 11.8 Å². The molecule has 1 atom stereocenters. The summed E-state index contributed by atoms with van der Waals surface area (Å²) in [5.41, 5.74) is 1.77. The monoisotopic (exact) mass is 352 g/mol. The van der Waals surface area contributed by atoms with Gasteiger partial charge in [-0.3, -0.25) is 9.78 Å². The molecule has 0 aliphatic heterocycles. The summed E-state index contributed by atoms with van der Waals surface area (Å²) in [6.07, 6.45) is 4.88. The number of aromatic nitrogens is 5. The number of pyridine rings is 1. The fraction of sp³-hybridized carbons (Fsp3) is 0.333. The van der Waals surface area contributed by atoms with Crippen molar-refractivity contribution in [2.45, 2.75) is 39.7 Å². The molecule has 3 heterocycles. The van der Waals surface area contributed by atoms with Crippen molar-refractivity contribution in [1.82, 2.24) is 30.5 Å². The molecule has 0 fully saturated rings. The minimum atomic E-state index is -0.417. The molecule has 8 heteroatoms. The van der Waals surface area contributed by atoms with Crippen LogP contribution in [-0.4, -0.2) is 31.1 Å². The van der Waals surface area contributed by atoms with Crippen molar-refractivity contribution in [2.75, 3.05) is 0 Å². The number of carbonyl (C=O) groups is 1. The Morgan fingerprint density at radius 3 is 2.54 bits per heavy atom. The van der Waals surface area contributed by atoms with E-state index in [0.717, 1.165) is 5.56 Å². The molecule has 0 aliphatic carbocycles. The maximum Gasteiger partial charge on any atom is 0.255 e. The Balaban J connectivity index is 1.75. The van der Waals surface area contributed by atoms with Crippen molar-refractivity contribution in [3.8, 4) is 11.4 Å². The van der Waals surface area contributed by atoms with Gasteiger partial charge in [-0.25, -0.2) is 9.97 Å². The van der Waals surface area contributed by atoms with Gasteiger partial charge >= 0.3 is 0 Å². The Labute approximate surface area is 151 Å². The van der Waals surface area contributed by atoms with Crippen LogP contribution in [0.1, 0.15) is 60.6 Å². The molecule has 8 nitrogen and oxygen atoms in total. The van der Waals surface area contributed by atoms with Crippen LogP contribution in [0.3, 0.4) is 0 Å². The van der Waals surface area contributed by atoms with Gasteiger partial charge in [-0.05, 0) is 26.0 Å². The SMILES string of the molecule is Cc1nc(-c2cccnc2)ncc1C(=O)N[C@@H](C)c1nnc(C(C)C)o1. The van der Waals surface area contributed by atoms with Crippen molar-refractivity contribution in [2.24, 2.45) is 0 Å². The minimum absolute atomic E-state index is 0.134. The number of hydrogen-bond donors (Lipinski definition) is 1. The molecule has 1 N–H and O–H groups in total. The van der Waals surface area contributed by atoms with Crippen LogP contribution >= 0.6 is 0 Å². The zero-order valence-electron chi connectivity index (χ0n) is 15.1. The van der Waals surface area contributed by atoms with Crippen molar-refractivity contribution in [3.05, 3.63) is 53.8 Å². The van der Waals surface area contributed by atoms with E-state index in [2.05, 4.69) is 30.5 Å². The van der Waals surface area contributed by atoms with E-state index in [9.17, 15) is 4.79 Å². The molecule has 134 valence electrons. The smallest absolute Gasteiger partial charge is 0.255 e. The van der Waals surface area contributed by atoms with Crippen LogP contribution in [0, 0.1) is 6.92 Å². The number of nitrogens with one attached hydrogen (secondary N) is 1. The molecule has 0 aliphatic rings. The molecule has 0 spiro atoms. The summed E-state index contributed by atoms with van der Waals surface area (Å²) in [5, 5.41) is 10.8. The van der Waals surface area contributed by atoms with E-state index in [1.54, 1.807) is 26.2 Å². The quantitative estimate of drug-likeness (QED) is 0.752. The highest BCUT2D eigenvalue weighted by molar-refractivity contribution is 5.95. The third kappa shape index (κ3) is 3.74. The summed E-state index contributed by atoms with van der Waals surface area (Å²) in [5.74, 6) is 1.28. The number of nitrogens with zero attached hydrogens (tertiary/aromatic N) is 5. The van der Waals surface area contributed by atoms with Gasteiger partial charge < -0.3 is 9.73 Å². The van der Waals surface area contributed by atoms with Crippen LogP contribution < -0.4 is 5.32 Å². The summed E-state index contributed by atoms with van der Waals surface area (Å²) >= 11 is 0. The normalized spacial score (nSPS) is 12.2. The number of aryl methyl sites for hydroxylation is 1. The first-order valence-corrected chi connectivity index (χ1v) is 8.34. The Hall–Kier alpha value is -3.16. The highest BCUT2D eigenvalue weighted by atomic mass is 16.4. The second kappa shape index (κ2) is 7.38. The van der Waals surface area contributed by atoms with Gasteiger partial charge in [0, 0.05) is 30.1 Å². The van der Waals surface area contributed by atoms with Crippen molar-refractivity contribution >= 4 is 5.91 Å². The lowest BCUT2D eigenvalue weighted by Crippen LogP contribution is -2.28. The molecule has 0 aromatic carbocycles. The summed E-state index contributed by atoms with van der Waals surface area (Å²) in [6, 6.07) is 3.26. The van der Waals surface area contributed by atoms with Crippen LogP contribution in [0.2, 0.25) is 0 Å². The van der Waals surface area contributed by atoms with Crippen LogP contribution in [-0.2, 0) is 0 Å². The van der Waals surface area contributed by atoms with Gasteiger partial charge in [0.1, 0.15) is 6.04 Å². The third-order valence-electron chi connectivity index (χ3n) is 3.81. The predicted molar refractivity (Wildman–Crippen MR) is 94.3 cm³/mol. The standard InChI is InChI=1S/C18H20N6O2/c1-10(2)17-23-24-18(26-17)12(4)22-16(25)14-9-20-15(21-11(14)3)13-6-5-7-19-8-13/h5-10,12H,1-4H3,(H,22,25)/t12-/m0/s1. The van der Waals surface area contributed by atoms with Gasteiger partial charge in [-0.2, -0.15) is 0 Å². The molecule has 0 saturated heterocycles. The number of amides is 1. The van der Waals surface area contributed by atoms with Gasteiger partial charge in [0.05, 0.1) is 11.3 Å². The first kappa shape index (κ1) is 17.7. The molecule has 26 heavy (non-hydrogen) atoms. The minimum Gasteiger partial charge on any atom is -0.423 e. The molecule has 3 aromatic heterocycles. The average Bonchev–Trinajstić information content (AvgIpc) is 3.13. The maximum absolute atomic E-state index is 12.5. The lowest BCUT2D eigenvalue weighted by atomic mass is 10.2. The highest BCUT2D eigenvalue weighted by Gasteiger charge is 2.20. The van der Waals surface area contributed by atoms with Gasteiger partial charge in [0.15, 0.2) is 5.82 Å². The van der Waals surface area contributed by atoms with E-state index in [-0.39, 0.29) is 11.8 Å². The zero-order chi connectivity index (χ0) is 18.7. The Bertz CT molecular complexity index is 907. The maximum atomic E-state index is 12.5. The van der Waals surface area contributed by atoms with Crippen LogP contribution in [0.15, 0.2) is 35.1 Å². The zero-order valence-corrected chi connectivity index (χ0v) is 15.1. The van der Waals surface area contributed by atoms with E-state index < -0.39 is 6.04 Å².